The highest BCUT2D eigenvalue weighted by Crippen LogP contribution is 2.17. The van der Waals surface area contributed by atoms with E-state index in [2.05, 4.69) is 9.97 Å². The first kappa shape index (κ1) is 17.7. The van der Waals surface area contributed by atoms with Gasteiger partial charge >= 0.3 is 5.97 Å². The van der Waals surface area contributed by atoms with E-state index in [4.69, 9.17) is 4.74 Å². The van der Waals surface area contributed by atoms with E-state index in [1.54, 1.807) is 37.3 Å². The van der Waals surface area contributed by atoms with Crippen LogP contribution in [0.3, 0.4) is 0 Å². The molecule has 8 nitrogen and oxygen atoms in total. The standard InChI is InChI=1S/C17H15N3O5S/c1-3-25-16(22)13-10-20(11-7-5-4-6-8-11)15-12(14(13)21)9-18-17(19-15)26(2,23)24/h4-10H,3H2,1-2H3. The molecule has 0 aliphatic heterocycles. The number of nitrogens with zero attached hydrogens (tertiary/aromatic N) is 3. The Morgan fingerprint density at radius 2 is 1.92 bits per heavy atom. The molecule has 0 N–H and O–H groups in total. The zero-order valence-electron chi connectivity index (χ0n) is 14.0. The summed E-state index contributed by atoms with van der Waals surface area (Å²) in [6, 6.07) is 8.81. The number of ether oxygens (including phenoxy) is 1. The van der Waals surface area contributed by atoms with Crippen LogP contribution in [0.4, 0.5) is 0 Å². The molecular weight excluding hydrogens is 358 g/mol. The average Bonchev–Trinajstić information content (AvgIpc) is 2.62. The van der Waals surface area contributed by atoms with Crippen molar-refractivity contribution >= 4 is 26.8 Å². The van der Waals surface area contributed by atoms with Crippen LogP contribution in [0, 0.1) is 0 Å². The smallest absolute Gasteiger partial charge is 0.343 e. The normalized spacial score (nSPS) is 11.5. The third kappa shape index (κ3) is 3.21. The number of sulfone groups is 1. The van der Waals surface area contributed by atoms with Gasteiger partial charge in [-0.1, -0.05) is 18.2 Å². The molecule has 0 saturated heterocycles. The fourth-order valence-corrected chi connectivity index (χ4v) is 2.91. The van der Waals surface area contributed by atoms with Gasteiger partial charge in [-0.15, -0.1) is 0 Å². The molecule has 134 valence electrons. The van der Waals surface area contributed by atoms with Crippen molar-refractivity contribution in [2.45, 2.75) is 12.1 Å². The number of esters is 1. The van der Waals surface area contributed by atoms with Gasteiger partial charge in [0.2, 0.25) is 20.4 Å². The minimum atomic E-state index is -3.67. The summed E-state index contributed by atoms with van der Waals surface area (Å²) in [5, 5.41) is -0.384. The molecule has 0 aliphatic carbocycles. The van der Waals surface area contributed by atoms with E-state index in [9.17, 15) is 18.0 Å². The van der Waals surface area contributed by atoms with Crippen molar-refractivity contribution in [3.05, 3.63) is 58.5 Å². The van der Waals surface area contributed by atoms with E-state index in [0.29, 0.717) is 5.69 Å². The molecule has 0 unspecified atom stereocenters. The second-order valence-electron chi connectivity index (χ2n) is 5.46. The lowest BCUT2D eigenvalue weighted by Gasteiger charge is -2.12. The summed E-state index contributed by atoms with van der Waals surface area (Å²) in [4.78, 5) is 32.6. The summed E-state index contributed by atoms with van der Waals surface area (Å²) < 4.78 is 30.0. The largest absolute Gasteiger partial charge is 0.462 e. The molecule has 2 aromatic heterocycles. The van der Waals surface area contributed by atoms with Crippen LogP contribution in [0.5, 0.6) is 0 Å². The highest BCUT2D eigenvalue weighted by molar-refractivity contribution is 7.90. The molecule has 0 fully saturated rings. The van der Waals surface area contributed by atoms with E-state index in [1.165, 1.54) is 10.8 Å². The van der Waals surface area contributed by atoms with Gasteiger partial charge in [-0.25, -0.2) is 18.2 Å². The van der Waals surface area contributed by atoms with Crippen LogP contribution in [0.25, 0.3) is 16.7 Å². The van der Waals surface area contributed by atoms with Crippen molar-refractivity contribution < 1.29 is 17.9 Å². The van der Waals surface area contributed by atoms with Crippen LogP contribution in [0.15, 0.2) is 52.7 Å². The second kappa shape index (κ2) is 6.68. The molecule has 1 aromatic carbocycles. The predicted octanol–water partition coefficient (Wildman–Crippen LogP) is 1.36. The summed E-state index contributed by atoms with van der Waals surface area (Å²) in [6.45, 7) is 1.75. The molecule has 0 bridgehead atoms. The second-order valence-corrected chi connectivity index (χ2v) is 7.37. The number of rotatable bonds is 4. The van der Waals surface area contributed by atoms with E-state index in [-0.39, 0.29) is 23.2 Å². The number of para-hydroxylation sites is 1. The van der Waals surface area contributed by atoms with Crippen molar-refractivity contribution in [3.63, 3.8) is 0 Å². The van der Waals surface area contributed by atoms with Crippen molar-refractivity contribution in [3.8, 4) is 5.69 Å². The molecule has 0 radical (unpaired) electrons. The van der Waals surface area contributed by atoms with Gasteiger partial charge < -0.3 is 9.30 Å². The van der Waals surface area contributed by atoms with Crippen molar-refractivity contribution in [2.75, 3.05) is 12.9 Å². The Balaban J connectivity index is 2.41. The van der Waals surface area contributed by atoms with Gasteiger partial charge in [-0.2, -0.15) is 4.98 Å². The molecule has 0 atom stereocenters. The Labute approximate surface area is 149 Å². The van der Waals surface area contributed by atoms with Crippen LogP contribution in [-0.4, -0.2) is 41.8 Å². The van der Waals surface area contributed by atoms with Crippen molar-refractivity contribution in [2.24, 2.45) is 0 Å². The Bertz CT molecular complexity index is 1150. The number of aromatic nitrogens is 3. The molecule has 0 spiro atoms. The predicted molar refractivity (Wildman–Crippen MR) is 94.2 cm³/mol. The number of hydrogen-bond donors (Lipinski definition) is 0. The molecule has 9 heteroatoms. The SMILES string of the molecule is CCOC(=O)c1cn(-c2ccccc2)c2nc(S(C)(=O)=O)ncc2c1=O. The Morgan fingerprint density at radius 1 is 1.23 bits per heavy atom. The molecular formula is C17H15N3O5S. The molecule has 0 saturated carbocycles. The minimum Gasteiger partial charge on any atom is -0.462 e. The number of carbonyl (C=O) groups excluding carboxylic acids is 1. The minimum absolute atomic E-state index is 0.0202. The van der Waals surface area contributed by atoms with E-state index < -0.39 is 26.4 Å². The topological polar surface area (TPSA) is 108 Å². The fourth-order valence-electron chi connectivity index (χ4n) is 2.41. The quantitative estimate of drug-likeness (QED) is 0.502. The number of pyridine rings is 1. The first-order valence-electron chi connectivity index (χ1n) is 7.68. The molecule has 26 heavy (non-hydrogen) atoms. The van der Waals surface area contributed by atoms with Crippen molar-refractivity contribution in [1.82, 2.24) is 14.5 Å². The van der Waals surface area contributed by atoms with Crippen LogP contribution < -0.4 is 5.43 Å². The van der Waals surface area contributed by atoms with Crippen LogP contribution in [-0.2, 0) is 14.6 Å². The van der Waals surface area contributed by atoms with Gasteiger partial charge in [0, 0.05) is 24.3 Å². The molecule has 0 aliphatic rings. The Hall–Kier alpha value is -3.07. The van der Waals surface area contributed by atoms with Crippen LogP contribution >= 0.6 is 0 Å². The van der Waals surface area contributed by atoms with Gasteiger partial charge in [-0.05, 0) is 19.1 Å². The first-order valence-corrected chi connectivity index (χ1v) is 9.57. The third-order valence-corrected chi connectivity index (χ3v) is 4.44. The van der Waals surface area contributed by atoms with Gasteiger partial charge in [-0.3, -0.25) is 4.79 Å². The lowest BCUT2D eigenvalue weighted by molar-refractivity contribution is 0.0524. The molecule has 0 amide bonds. The highest BCUT2D eigenvalue weighted by atomic mass is 32.2. The van der Waals surface area contributed by atoms with E-state index in [0.717, 1.165) is 12.5 Å². The van der Waals surface area contributed by atoms with E-state index in [1.807, 2.05) is 0 Å². The molecule has 2 heterocycles. The van der Waals surface area contributed by atoms with Crippen LogP contribution in [0.2, 0.25) is 0 Å². The maximum Gasteiger partial charge on any atom is 0.343 e. The number of hydrogen-bond acceptors (Lipinski definition) is 7. The Morgan fingerprint density at radius 3 is 2.54 bits per heavy atom. The zero-order chi connectivity index (χ0) is 18.9. The Kier molecular flexibility index (Phi) is 4.56. The van der Waals surface area contributed by atoms with Gasteiger partial charge in [0.15, 0.2) is 5.65 Å². The first-order chi connectivity index (χ1) is 12.3. The van der Waals surface area contributed by atoms with E-state index >= 15 is 0 Å². The van der Waals surface area contributed by atoms with Gasteiger partial charge in [0.05, 0.1) is 12.0 Å². The number of benzene rings is 1. The van der Waals surface area contributed by atoms with Gasteiger partial charge in [0.25, 0.3) is 0 Å². The lowest BCUT2D eigenvalue weighted by atomic mass is 10.2. The molecule has 3 rings (SSSR count). The van der Waals surface area contributed by atoms with Crippen LogP contribution in [0.1, 0.15) is 17.3 Å². The van der Waals surface area contributed by atoms with Crippen molar-refractivity contribution in [1.29, 1.82) is 0 Å². The maximum atomic E-state index is 12.6. The summed E-state index contributed by atoms with van der Waals surface area (Å²) in [5.41, 5.74) is -0.115. The highest BCUT2D eigenvalue weighted by Gasteiger charge is 2.20. The summed E-state index contributed by atoms with van der Waals surface area (Å²) in [5.74, 6) is -0.767. The molecule has 3 aromatic rings. The summed E-state index contributed by atoms with van der Waals surface area (Å²) in [6.07, 6.45) is 3.40. The maximum absolute atomic E-state index is 12.6. The summed E-state index contributed by atoms with van der Waals surface area (Å²) in [7, 11) is -3.67. The van der Waals surface area contributed by atoms with Gasteiger partial charge in [0.1, 0.15) is 5.56 Å². The number of fused-ring (bicyclic) bond motifs is 1. The summed E-state index contributed by atoms with van der Waals surface area (Å²) >= 11 is 0. The third-order valence-electron chi connectivity index (χ3n) is 3.58. The monoisotopic (exact) mass is 373 g/mol. The lowest BCUT2D eigenvalue weighted by Crippen LogP contribution is -2.22. The fraction of sp³-hybridized carbons (Fsp3) is 0.176. The number of carbonyl (C=O) groups is 1. The zero-order valence-corrected chi connectivity index (χ0v) is 14.9. The average molecular weight is 373 g/mol.